The van der Waals surface area contributed by atoms with Crippen LogP contribution in [0.25, 0.3) is 11.5 Å². The second kappa shape index (κ2) is 3.58. The number of hydrogen-bond donors (Lipinski definition) is 0. The molecule has 6 heteroatoms. The minimum atomic E-state index is -0.765. The van der Waals surface area contributed by atoms with Gasteiger partial charge in [-0.05, 0) is 35.3 Å². The fourth-order valence-electron chi connectivity index (χ4n) is 1.14. The lowest BCUT2D eigenvalue weighted by Crippen LogP contribution is -1.90. The van der Waals surface area contributed by atoms with Gasteiger partial charge in [0.2, 0.25) is 0 Å². The van der Waals surface area contributed by atoms with Crippen molar-refractivity contribution in [1.82, 2.24) is 10.1 Å². The summed E-state index contributed by atoms with van der Waals surface area (Å²) in [7, 11) is 0. The van der Waals surface area contributed by atoms with Crippen LogP contribution in [-0.2, 0) is 0 Å². The third kappa shape index (κ3) is 1.83. The first kappa shape index (κ1) is 10.0. The van der Waals surface area contributed by atoms with Gasteiger partial charge >= 0.3 is 0 Å². The van der Waals surface area contributed by atoms with Gasteiger partial charge in [0, 0.05) is 6.07 Å². The molecule has 15 heavy (non-hydrogen) atoms. The summed E-state index contributed by atoms with van der Waals surface area (Å²) in [5.74, 6) is -1.46. The summed E-state index contributed by atoms with van der Waals surface area (Å²) in [6.45, 7) is 1.51. The molecule has 3 nitrogen and oxygen atoms in total. The van der Waals surface area contributed by atoms with Gasteiger partial charge in [0.15, 0.2) is 0 Å². The largest absolute Gasteiger partial charge is 0.333 e. The van der Waals surface area contributed by atoms with Crippen LogP contribution in [0.1, 0.15) is 5.56 Å². The molecule has 1 heterocycles. The predicted molar refractivity (Wildman–Crippen MR) is 49.4 cm³/mol. The fourth-order valence-corrected chi connectivity index (χ4v) is 1.25. The molecular weight excluding hydrogens is 226 g/mol. The van der Waals surface area contributed by atoms with Crippen molar-refractivity contribution in [2.75, 3.05) is 0 Å². The molecule has 0 N–H and O–H groups in total. The van der Waals surface area contributed by atoms with Crippen molar-refractivity contribution in [3.05, 3.63) is 34.6 Å². The number of aryl methyl sites for hydroxylation is 1. The van der Waals surface area contributed by atoms with Crippen molar-refractivity contribution in [2.24, 2.45) is 0 Å². The highest BCUT2D eigenvalue weighted by Crippen LogP contribution is 2.24. The average molecular weight is 231 g/mol. The van der Waals surface area contributed by atoms with E-state index in [2.05, 4.69) is 14.7 Å². The second-order valence-corrected chi connectivity index (χ2v) is 3.29. The molecular formula is C9H5ClF2N2O. The average Bonchev–Trinajstić information content (AvgIpc) is 2.58. The highest BCUT2D eigenvalue weighted by molar-refractivity contribution is 6.28. The zero-order valence-corrected chi connectivity index (χ0v) is 8.35. The number of benzene rings is 1. The van der Waals surface area contributed by atoms with E-state index in [9.17, 15) is 8.78 Å². The molecule has 0 saturated carbocycles. The molecule has 0 amide bonds. The summed E-state index contributed by atoms with van der Waals surface area (Å²) in [6, 6.07) is 2.05. The van der Waals surface area contributed by atoms with E-state index in [0.717, 1.165) is 6.07 Å². The summed E-state index contributed by atoms with van der Waals surface area (Å²) < 4.78 is 30.9. The predicted octanol–water partition coefficient (Wildman–Crippen LogP) is 2.98. The Hall–Kier alpha value is -1.49. The van der Waals surface area contributed by atoms with Crippen molar-refractivity contribution in [3.63, 3.8) is 0 Å². The lowest BCUT2D eigenvalue weighted by molar-refractivity contribution is 0.427. The lowest BCUT2D eigenvalue weighted by Gasteiger charge is -2.00. The van der Waals surface area contributed by atoms with Crippen LogP contribution >= 0.6 is 11.6 Å². The van der Waals surface area contributed by atoms with Crippen molar-refractivity contribution in [2.45, 2.75) is 6.92 Å². The van der Waals surface area contributed by atoms with E-state index in [4.69, 9.17) is 11.6 Å². The maximum atomic E-state index is 13.3. The van der Waals surface area contributed by atoms with E-state index in [1.165, 1.54) is 13.0 Å². The Balaban J connectivity index is 2.58. The first-order valence-electron chi connectivity index (χ1n) is 4.03. The number of rotatable bonds is 1. The van der Waals surface area contributed by atoms with Gasteiger partial charge in [0.25, 0.3) is 11.2 Å². The Kier molecular flexibility index (Phi) is 2.40. The van der Waals surface area contributed by atoms with Gasteiger partial charge in [-0.3, -0.25) is 0 Å². The first-order valence-corrected chi connectivity index (χ1v) is 4.41. The third-order valence-electron chi connectivity index (χ3n) is 1.88. The van der Waals surface area contributed by atoms with Crippen LogP contribution in [0.15, 0.2) is 16.7 Å². The molecule has 0 atom stereocenters. The summed E-state index contributed by atoms with van der Waals surface area (Å²) >= 11 is 5.42. The highest BCUT2D eigenvalue weighted by atomic mass is 35.5. The minimum Gasteiger partial charge on any atom is -0.333 e. The molecule has 0 saturated heterocycles. The Morgan fingerprint density at radius 1 is 1.27 bits per heavy atom. The molecule has 0 spiro atoms. The zero-order chi connectivity index (χ0) is 11.0. The zero-order valence-electron chi connectivity index (χ0n) is 7.59. The van der Waals surface area contributed by atoms with Gasteiger partial charge in [0.1, 0.15) is 11.6 Å². The van der Waals surface area contributed by atoms with E-state index in [1.807, 2.05) is 0 Å². The smallest absolute Gasteiger partial charge is 0.264 e. The van der Waals surface area contributed by atoms with Crippen molar-refractivity contribution >= 4 is 11.6 Å². The molecule has 0 radical (unpaired) electrons. The minimum absolute atomic E-state index is 0.0355. The summed E-state index contributed by atoms with van der Waals surface area (Å²) in [4.78, 5) is 3.64. The summed E-state index contributed by atoms with van der Waals surface area (Å²) in [5, 5.41) is 3.19. The third-order valence-corrected chi connectivity index (χ3v) is 2.03. The Bertz CT molecular complexity index is 513. The molecule has 0 aliphatic heterocycles. The summed E-state index contributed by atoms with van der Waals surface area (Å²) in [6.07, 6.45) is 0. The molecule has 2 aromatic rings. The molecule has 0 bridgehead atoms. The quantitative estimate of drug-likeness (QED) is 0.756. The van der Waals surface area contributed by atoms with Crippen LogP contribution in [0.2, 0.25) is 5.28 Å². The number of hydrogen-bond acceptors (Lipinski definition) is 3. The fraction of sp³-hybridized carbons (Fsp3) is 0.111. The van der Waals surface area contributed by atoms with Crippen molar-refractivity contribution in [3.8, 4) is 11.5 Å². The van der Waals surface area contributed by atoms with Crippen LogP contribution in [-0.4, -0.2) is 10.1 Å². The maximum absolute atomic E-state index is 13.3. The first-order chi connectivity index (χ1) is 7.08. The molecule has 0 aliphatic rings. The van der Waals surface area contributed by atoms with E-state index in [0.29, 0.717) is 5.56 Å². The molecule has 1 aromatic carbocycles. The van der Waals surface area contributed by atoms with Gasteiger partial charge < -0.3 is 4.52 Å². The van der Waals surface area contributed by atoms with Crippen LogP contribution in [0, 0.1) is 18.6 Å². The number of nitrogens with zero attached hydrogens (tertiary/aromatic N) is 2. The normalized spacial score (nSPS) is 10.7. The molecule has 78 valence electrons. The topological polar surface area (TPSA) is 38.9 Å². The monoisotopic (exact) mass is 230 g/mol. The standard InChI is InChI=1S/C9H5ClF2N2O/c1-4-2-5(7(12)3-6(4)11)8-13-9(10)14-15-8/h2-3H,1H3. The molecule has 1 aromatic heterocycles. The van der Waals surface area contributed by atoms with Crippen LogP contribution in [0.3, 0.4) is 0 Å². The number of aromatic nitrogens is 2. The summed E-state index contributed by atoms with van der Waals surface area (Å²) in [5.41, 5.74) is 0.328. The van der Waals surface area contributed by atoms with E-state index in [1.54, 1.807) is 0 Å². The van der Waals surface area contributed by atoms with Crippen LogP contribution in [0.5, 0.6) is 0 Å². The van der Waals surface area contributed by atoms with Crippen molar-refractivity contribution < 1.29 is 13.3 Å². The molecule has 0 aliphatic carbocycles. The van der Waals surface area contributed by atoms with Crippen molar-refractivity contribution in [1.29, 1.82) is 0 Å². The lowest BCUT2D eigenvalue weighted by atomic mass is 10.1. The SMILES string of the molecule is Cc1cc(-c2nc(Cl)no2)c(F)cc1F. The van der Waals surface area contributed by atoms with Gasteiger partial charge in [-0.1, -0.05) is 0 Å². The number of halogens is 3. The van der Waals surface area contributed by atoms with E-state index in [-0.39, 0.29) is 16.7 Å². The Morgan fingerprint density at radius 3 is 2.60 bits per heavy atom. The van der Waals surface area contributed by atoms with Gasteiger partial charge in [-0.15, -0.1) is 0 Å². The highest BCUT2D eigenvalue weighted by Gasteiger charge is 2.14. The van der Waals surface area contributed by atoms with Crippen LogP contribution in [0.4, 0.5) is 8.78 Å². The van der Waals surface area contributed by atoms with Crippen LogP contribution < -0.4 is 0 Å². The molecule has 2 rings (SSSR count). The van der Waals surface area contributed by atoms with Gasteiger partial charge in [-0.25, -0.2) is 8.78 Å². The van der Waals surface area contributed by atoms with Gasteiger partial charge in [0.05, 0.1) is 5.56 Å². The maximum Gasteiger partial charge on any atom is 0.264 e. The van der Waals surface area contributed by atoms with E-state index >= 15 is 0 Å². The van der Waals surface area contributed by atoms with E-state index < -0.39 is 11.6 Å². The Labute approximate surface area is 88.7 Å². The van der Waals surface area contributed by atoms with Gasteiger partial charge in [-0.2, -0.15) is 4.98 Å². The Morgan fingerprint density at radius 2 is 2.00 bits per heavy atom. The molecule has 0 fully saturated rings. The second-order valence-electron chi connectivity index (χ2n) is 2.95. The molecule has 0 unspecified atom stereocenters.